The van der Waals surface area contributed by atoms with E-state index in [2.05, 4.69) is 4.98 Å². The molecule has 18 heavy (non-hydrogen) atoms. The van der Waals surface area contributed by atoms with Crippen LogP contribution in [-0.2, 0) is 4.74 Å². The van der Waals surface area contributed by atoms with Crippen molar-refractivity contribution in [2.75, 3.05) is 5.73 Å². The van der Waals surface area contributed by atoms with E-state index < -0.39 is 36.3 Å². The van der Waals surface area contributed by atoms with Crippen molar-refractivity contribution in [2.24, 2.45) is 0 Å². The lowest BCUT2D eigenvalue weighted by Crippen LogP contribution is -2.55. The second-order valence-corrected chi connectivity index (χ2v) is 4.25. The molecular formula is C10H15N3O5. The Morgan fingerprint density at radius 1 is 1.33 bits per heavy atom. The van der Waals surface area contributed by atoms with Crippen molar-refractivity contribution in [3.05, 3.63) is 22.7 Å². The highest BCUT2D eigenvalue weighted by Crippen LogP contribution is 2.26. The third kappa shape index (κ3) is 2.10. The molecule has 0 aliphatic carbocycles. The van der Waals surface area contributed by atoms with Crippen molar-refractivity contribution in [2.45, 2.75) is 37.6 Å². The molecule has 0 bridgehead atoms. The van der Waals surface area contributed by atoms with Gasteiger partial charge in [0.2, 0.25) is 0 Å². The largest absolute Gasteiger partial charge is 0.388 e. The Balaban J connectivity index is 2.35. The Hall–Kier alpha value is -1.48. The van der Waals surface area contributed by atoms with Gasteiger partial charge in [-0.05, 0) is 13.0 Å². The van der Waals surface area contributed by atoms with Gasteiger partial charge in [-0.2, -0.15) is 4.98 Å². The van der Waals surface area contributed by atoms with Gasteiger partial charge < -0.3 is 25.8 Å². The maximum Gasteiger partial charge on any atom is 0.351 e. The minimum absolute atomic E-state index is 0.0511. The summed E-state index contributed by atoms with van der Waals surface area (Å²) in [5.74, 6) is 0.0511. The quantitative estimate of drug-likeness (QED) is 0.450. The Labute approximate surface area is 102 Å². The molecule has 0 aromatic carbocycles. The number of rotatable bonds is 1. The van der Waals surface area contributed by atoms with Crippen LogP contribution in [-0.4, -0.2) is 49.3 Å². The van der Waals surface area contributed by atoms with E-state index >= 15 is 0 Å². The van der Waals surface area contributed by atoms with Gasteiger partial charge in [0.1, 0.15) is 24.1 Å². The van der Waals surface area contributed by atoms with Crippen molar-refractivity contribution < 1.29 is 20.1 Å². The number of aliphatic hydroxyl groups excluding tert-OH is 3. The fourth-order valence-electron chi connectivity index (χ4n) is 1.88. The van der Waals surface area contributed by atoms with Gasteiger partial charge in [-0.1, -0.05) is 0 Å². The van der Waals surface area contributed by atoms with Gasteiger partial charge in [0.05, 0.1) is 6.10 Å². The van der Waals surface area contributed by atoms with Crippen LogP contribution in [0.3, 0.4) is 0 Å². The number of hydrogen-bond donors (Lipinski definition) is 4. The SMILES string of the molecule is C[C@@H]1OC(n2ccc(N)nc2=O)[C@H](O)[C@H](O)[C@H]1O. The van der Waals surface area contributed by atoms with E-state index in [-0.39, 0.29) is 5.82 Å². The normalized spacial score (nSPS) is 36.6. The molecule has 2 rings (SSSR count). The van der Waals surface area contributed by atoms with E-state index in [1.807, 2.05) is 0 Å². The molecule has 100 valence electrons. The molecule has 1 unspecified atom stereocenters. The van der Waals surface area contributed by atoms with E-state index in [9.17, 15) is 20.1 Å². The Morgan fingerprint density at radius 3 is 2.61 bits per heavy atom. The molecule has 2 heterocycles. The lowest BCUT2D eigenvalue weighted by molar-refractivity contribution is -0.241. The molecule has 0 spiro atoms. The molecule has 5 N–H and O–H groups in total. The van der Waals surface area contributed by atoms with Crippen LogP contribution in [0.2, 0.25) is 0 Å². The van der Waals surface area contributed by atoms with Gasteiger partial charge in [-0.25, -0.2) is 4.79 Å². The highest BCUT2D eigenvalue weighted by atomic mass is 16.5. The van der Waals surface area contributed by atoms with Crippen LogP contribution >= 0.6 is 0 Å². The van der Waals surface area contributed by atoms with Gasteiger partial charge >= 0.3 is 5.69 Å². The van der Waals surface area contributed by atoms with Crippen LogP contribution in [0.25, 0.3) is 0 Å². The van der Waals surface area contributed by atoms with E-state index in [0.29, 0.717) is 0 Å². The lowest BCUT2D eigenvalue weighted by Gasteiger charge is -2.39. The number of aromatic nitrogens is 2. The van der Waals surface area contributed by atoms with Gasteiger partial charge in [-0.3, -0.25) is 4.57 Å². The summed E-state index contributed by atoms with van der Waals surface area (Å²) in [6.45, 7) is 1.53. The first-order valence-corrected chi connectivity index (χ1v) is 5.46. The smallest absolute Gasteiger partial charge is 0.351 e. The number of nitrogens with two attached hydrogens (primary N) is 1. The monoisotopic (exact) mass is 257 g/mol. The summed E-state index contributed by atoms with van der Waals surface area (Å²) in [6.07, 6.45) is -4.57. The first-order valence-electron chi connectivity index (χ1n) is 5.46. The molecule has 1 fully saturated rings. The maximum absolute atomic E-state index is 11.6. The second-order valence-electron chi connectivity index (χ2n) is 4.25. The first kappa shape index (κ1) is 13.0. The summed E-state index contributed by atoms with van der Waals surface area (Å²) < 4.78 is 6.33. The molecule has 1 aromatic rings. The maximum atomic E-state index is 11.6. The molecule has 0 radical (unpaired) electrons. The summed E-state index contributed by atoms with van der Waals surface area (Å²) in [5, 5.41) is 29.0. The third-order valence-corrected chi connectivity index (χ3v) is 2.95. The Morgan fingerprint density at radius 2 is 2.00 bits per heavy atom. The summed E-state index contributed by atoms with van der Waals surface area (Å²) in [4.78, 5) is 15.1. The zero-order chi connectivity index (χ0) is 13.4. The molecule has 0 amide bonds. The fourth-order valence-corrected chi connectivity index (χ4v) is 1.88. The predicted molar refractivity (Wildman–Crippen MR) is 60.5 cm³/mol. The zero-order valence-electron chi connectivity index (χ0n) is 9.67. The minimum Gasteiger partial charge on any atom is -0.388 e. The highest BCUT2D eigenvalue weighted by molar-refractivity contribution is 5.23. The van der Waals surface area contributed by atoms with Crippen LogP contribution < -0.4 is 11.4 Å². The van der Waals surface area contributed by atoms with E-state index in [4.69, 9.17) is 10.5 Å². The van der Waals surface area contributed by atoms with E-state index in [0.717, 1.165) is 4.57 Å². The predicted octanol–water partition coefficient (Wildman–Crippen LogP) is -2.17. The van der Waals surface area contributed by atoms with Gasteiger partial charge in [0, 0.05) is 6.20 Å². The summed E-state index contributed by atoms with van der Waals surface area (Å²) in [5.41, 5.74) is 4.65. The average Bonchev–Trinajstić information content (AvgIpc) is 2.32. The summed E-state index contributed by atoms with van der Waals surface area (Å²) in [7, 11) is 0. The summed E-state index contributed by atoms with van der Waals surface area (Å²) in [6, 6.07) is 1.37. The standard InChI is InChI=1S/C10H15N3O5/c1-4-6(14)7(15)8(16)9(18-4)13-3-2-5(11)12-10(13)17/h2-4,6-9,14-16H,1H3,(H2,11,12,17)/t4-,6-,7+,8+,9?/m0/s1. The number of nitrogen functional groups attached to an aromatic ring is 1. The Bertz CT molecular complexity index is 491. The second kappa shape index (κ2) is 4.65. The van der Waals surface area contributed by atoms with Crippen LogP contribution in [0.4, 0.5) is 5.82 Å². The molecule has 8 nitrogen and oxygen atoms in total. The third-order valence-electron chi connectivity index (χ3n) is 2.95. The zero-order valence-corrected chi connectivity index (χ0v) is 9.67. The van der Waals surface area contributed by atoms with Crippen LogP contribution in [0.5, 0.6) is 0 Å². The van der Waals surface area contributed by atoms with E-state index in [1.54, 1.807) is 0 Å². The molecule has 5 atom stereocenters. The number of nitrogens with zero attached hydrogens (tertiary/aromatic N) is 2. The fraction of sp³-hybridized carbons (Fsp3) is 0.600. The topological polar surface area (TPSA) is 131 Å². The molecule has 8 heteroatoms. The molecule has 1 saturated heterocycles. The summed E-state index contributed by atoms with van der Waals surface area (Å²) >= 11 is 0. The van der Waals surface area contributed by atoms with E-state index in [1.165, 1.54) is 19.2 Å². The number of anilines is 1. The Kier molecular flexibility index (Phi) is 3.35. The average molecular weight is 257 g/mol. The first-order chi connectivity index (χ1) is 8.41. The number of hydrogen-bond acceptors (Lipinski definition) is 7. The van der Waals surface area contributed by atoms with Crippen molar-refractivity contribution >= 4 is 5.82 Å². The number of ether oxygens (including phenoxy) is 1. The minimum atomic E-state index is -1.43. The lowest BCUT2D eigenvalue weighted by atomic mass is 9.99. The van der Waals surface area contributed by atoms with Crippen molar-refractivity contribution in [1.82, 2.24) is 9.55 Å². The van der Waals surface area contributed by atoms with Gasteiger partial charge in [-0.15, -0.1) is 0 Å². The molecule has 0 saturated carbocycles. The molecular weight excluding hydrogens is 242 g/mol. The highest BCUT2D eigenvalue weighted by Gasteiger charge is 2.42. The number of aliphatic hydroxyl groups is 3. The van der Waals surface area contributed by atoms with Crippen molar-refractivity contribution in [3.8, 4) is 0 Å². The van der Waals surface area contributed by atoms with Crippen molar-refractivity contribution in [3.63, 3.8) is 0 Å². The van der Waals surface area contributed by atoms with Gasteiger partial charge in [0.25, 0.3) is 0 Å². The molecule has 1 aliphatic rings. The van der Waals surface area contributed by atoms with Crippen LogP contribution in [0.15, 0.2) is 17.1 Å². The van der Waals surface area contributed by atoms with Crippen LogP contribution in [0, 0.1) is 0 Å². The molecule has 1 aromatic heterocycles. The van der Waals surface area contributed by atoms with Gasteiger partial charge in [0.15, 0.2) is 6.23 Å². The van der Waals surface area contributed by atoms with Crippen molar-refractivity contribution in [1.29, 1.82) is 0 Å². The van der Waals surface area contributed by atoms with Crippen LogP contribution in [0.1, 0.15) is 13.2 Å². The molecule has 1 aliphatic heterocycles.